The van der Waals surface area contributed by atoms with E-state index in [0.717, 1.165) is 39.0 Å². The molecule has 0 aromatic carbocycles. The molecule has 1 fully saturated rings. The molecule has 1 aliphatic heterocycles. The molecular formula is C13H28N2O. The van der Waals surface area contributed by atoms with E-state index >= 15 is 0 Å². The highest BCUT2D eigenvalue weighted by molar-refractivity contribution is 4.83. The maximum Gasteiger partial charge on any atom is 0.0674 e. The van der Waals surface area contributed by atoms with Crippen molar-refractivity contribution in [1.82, 2.24) is 4.90 Å². The summed E-state index contributed by atoms with van der Waals surface area (Å²) < 4.78 is 5.68. The first-order valence-corrected chi connectivity index (χ1v) is 6.80. The molecular weight excluding hydrogens is 200 g/mol. The van der Waals surface area contributed by atoms with Gasteiger partial charge in [-0.3, -0.25) is 4.90 Å². The topological polar surface area (TPSA) is 38.5 Å². The minimum absolute atomic E-state index is 0.320. The van der Waals surface area contributed by atoms with E-state index in [9.17, 15) is 0 Å². The lowest BCUT2D eigenvalue weighted by atomic mass is 9.99. The SMILES string of the molecule is CCCC(N)C(CC)N1CCCOC(C)C1. The molecule has 0 amide bonds. The molecule has 1 aliphatic rings. The molecule has 96 valence electrons. The van der Waals surface area contributed by atoms with Crippen LogP contribution in [0.2, 0.25) is 0 Å². The highest BCUT2D eigenvalue weighted by Gasteiger charge is 2.25. The summed E-state index contributed by atoms with van der Waals surface area (Å²) in [7, 11) is 0. The lowest BCUT2D eigenvalue weighted by Gasteiger charge is -2.34. The molecule has 0 aliphatic carbocycles. The number of rotatable bonds is 5. The van der Waals surface area contributed by atoms with Crippen molar-refractivity contribution in [2.24, 2.45) is 5.73 Å². The molecule has 1 rings (SSSR count). The molecule has 0 bridgehead atoms. The lowest BCUT2D eigenvalue weighted by Crippen LogP contribution is -2.49. The van der Waals surface area contributed by atoms with E-state index in [1.807, 2.05) is 0 Å². The highest BCUT2D eigenvalue weighted by Crippen LogP contribution is 2.16. The lowest BCUT2D eigenvalue weighted by molar-refractivity contribution is 0.0569. The Labute approximate surface area is 100 Å². The van der Waals surface area contributed by atoms with Crippen molar-refractivity contribution in [1.29, 1.82) is 0 Å². The van der Waals surface area contributed by atoms with Gasteiger partial charge in [0.05, 0.1) is 6.10 Å². The first kappa shape index (κ1) is 13.9. The largest absolute Gasteiger partial charge is 0.377 e. The zero-order chi connectivity index (χ0) is 12.0. The summed E-state index contributed by atoms with van der Waals surface area (Å²) in [6.45, 7) is 9.70. The maximum atomic E-state index is 6.28. The molecule has 1 saturated heterocycles. The third-order valence-electron chi connectivity index (χ3n) is 3.49. The summed E-state index contributed by atoms with van der Waals surface area (Å²) in [5.74, 6) is 0. The Morgan fingerprint density at radius 1 is 1.44 bits per heavy atom. The molecule has 1 heterocycles. The van der Waals surface area contributed by atoms with E-state index in [-0.39, 0.29) is 0 Å². The van der Waals surface area contributed by atoms with E-state index in [4.69, 9.17) is 10.5 Å². The quantitative estimate of drug-likeness (QED) is 0.782. The number of ether oxygens (including phenoxy) is 1. The average molecular weight is 228 g/mol. The zero-order valence-corrected chi connectivity index (χ0v) is 11.1. The second kappa shape index (κ2) is 7.25. The van der Waals surface area contributed by atoms with Crippen LogP contribution in [0, 0.1) is 0 Å². The van der Waals surface area contributed by atoms with Crippen molar-refractivity contribution < 1.29 is 4.74 Å². The van der Waals surface area contributed by atoms with E-state index in [2.05, 4.69) is 25.7 Å². The van der Waals surface area contributed by atoms with Crippen LogP contribution in [-0.2, 0) is 4.74 Å². The van der Waals surface area contributed by atoms with Crippen LogP contribution in [0.15, 0.2) is 0 Å². The smallest absolute Gasteiger partial charge is 0.0674 e. The van der Waals surface area contributed by atoms with Gasteiger partial charge in [-0.1, -0.05) is 20.3 Å². The number of hydrogen-bond donors (Lipinski definition) is 1. The summed E-state index contributed by atoms with van der Waals surface area (Å²) in [6, 6.07) is 0.851. The fraction of sp³-hybridized carbons (Fsp3) is 1.00. The van der Waals surface area contributed by atoms with Gasteiger partial charge in [0.1, 0.15) is 0 Å². The van der Waals surface area contributed by atoms with Gasteiger partial charge in [0.2, 0.25) is 0 Å². The minimum atomic E-state index is 0.320. The molecule has 0 radical (unpaired) electrons. The van der Waals surface area contributed by atoms with Crippen molar-refractivity contribution in [3.05, 3.63) is 0 Å². The van der Waals surface area contributed by atoms with E-state index in [1.54, 1.807) is 0 Å². The van der Waals surface area contributed by atoms with E-state index in [0.29, 0.717) is 18.2 Å². The predicted octanol–water partition coefficient (Wildman–Crippen LogP) is 2.00. The average Bonchev–Trinajstić information content (AvgIpc) is 2.45. The summed E-state index contributed by atoms with van der Waals surface area (Å²) in [6.07, 6.45) is 4.94. The Morgan fingerprint density at radius 2 is 2.19 bits per heavy atom. The molecule has 3 atom stereocenters. The third kappa shape index (κ3) is 4.04. The van der Waals surface area contributed by atoms with Crippen LogP contribution in [-0.4, -0.2) is 42.8 Å². The standard InChI is InChI=1S/C13H28N2O/c1-4-7-12(14)13(5-2)15-8-6-9-16-11(3)10-15/h11-13H,4-10,14H2,1-3H3. The molecule has 0 aromatic rings. The van der Waals surface area contributed by atoms with Crippen LogP contribution in [0.5, 0.6) is 0 Å². The second-order valence-corrected chi connectivity index (χ2v) is 4.96. The number of hydrogen-bond acceptors (Lipinski definition) is 3. The molecule has 3 heteroatoms. The van der Waals surface area contributed by atoms with Crippen LogP contribution in [0.1, 0.15) is 46.5 Å². The first-order valence-electron chi connectivity index (χ1n) is 6.80. The van der Waals surface area contributed by atoms with Crippen molar-refractivity contribution in [3.8, 4) is 0 Å². The van der Waals surface area contributed by atoms with Gasteiger partial charge in [0, 0.05) is 31.8 Å². The Balaban J connectivity index is 2.55. The van der Waals surface area contributed by atoms with E-state index < -0.39 is 0 Å². The normalized spacial score (nSPS) is 27.4. The summed E-state index contributed by atoms with van der Waals surface area (Å²) in [5, 5.41) is 0. The van der Waals surface area contributed by atoms with Crippen LogP contribution in [0.3, 0.4) is 0 Å². The van der Waals surface area contributed by atoms with Crippen molar-refractivity contribution >= 4 is 0 Å². The monoisotopic (exact) mass is 228 g/mol. The Hall–Kier alpha value is -0.120. The Bertz CT molecular complexity index is 187. The summed E-state index contributed by atoms with van der Waals surface area (Å²) >= 11 is 0. The van der Waals surface area contributed by atoms with Gasteiger partial charge in [0.15, 0.2) is 0 Å². The predicted molar refractivity (Wildman–Crippen MR) is 68.6 cm³/mol. The molecule has 0 aromatic heterocycles. The Morgan fingerprint density at radius 3 is 2.81 bits per heavy atom. The second-order valence-electron chi connectivity index (χ2n) is 4.96. The summed E-state index contributed by atoms with van der Waals surface area (Å²) in [4.78, 5) is 2.54. The van der Waals surface area contributed by atoms with Gasteiger partial charge in [-0.15, -0.1) is 0 Å². The fourth-order valence-electron chi connectivity index (χ4n) is 2.69. The Kier molecular flexibility index (Phi) is 6.32. The van der Waals surface area contributed by atoms with Crippen molar-refractivity contribution in [2.75, 3.05) is 19.7 Å². The molecule has 16 heavy (non-hydrogen) atoms. The maximum absolute atomic E-state index is 6.28. The van der Waals surface area contributed by atoms with Crippen molar-refractivity contribution in [2.45, 2.75) is 64.6 Å². The van der Waals surface area contributed by atoms with Gasteiger partial charge < -0.3 is 10.5 Å². The van der Waals surface area contributed by atoms with Crippen LogP contribution in [0.4, 0.5) is 0 Å². The third-order valence-corrected chi connectivity index (χ3v) is 3.49. The molecule has 3 unspecified atom stereocenters. The van der Waals surface area contributed by atoms with Crippen LogP contribution < -0.4 is 5.73 Å². The summed E-state index contributed by atoms with van der Waals surface area (Å²) in [5.41, 5.74) is 6.28. The van der Waals surface area contributed by atoms with E-state index in [1.165, 1.54) is 6.42 Å². The van der Waals surface area contributed by atoms with Gasteiger partial charge in [0.25, 0.3) is 0 Å². The minimum Gasteiger partial charge on any atom is -0.377 e. The molecule has 2 N–H and O–H groups in total. The first-order chi connectivity index (χ1) is 7.69. The number of nitrogens with zero attached hydrogens (tertiary/aromatic N) is 1. The van der Waals surface area contributed by atoms with Gasteiger partial charge >= 0.3 is 0 Å². The van der Waals surface area contributed by atoms with Crippen LogP contribution in [0.25, 0.3) is 0 Å². The van der Waals surface area contributed by atoms with Gasteiger partial charge in [-0.25, -0.2) is 0 Å². The van der Waals surface area contributed by atoms with Crippen LogP contribution >= 0.6 is 0 Å². The fourth-order valence-corrected chi connectivity index (χ4v) is 2.69. The molecule has 0 spiro atoms. The molecule has 3 nitrogen and oxygen atoms in total. The van der Waals surface area contributed by atoms with Gasteiger partial charge in [-0.05, 0) is 26.2 Å². The van der Waals surface area contributed by atoms with Crippen molar-refractivity contribution in [3.63, 3.8) is 0 Å². The zero-order valence-electron chi connectivity index (χ0n) is 11.1. The highest BCUT2D eigenvalue weighted by atomic mass is 16.5. The van der Waals surface area contributed by atoms with Gasteiger partial charge in [-0.2, -0.15) is 0 Å². The molecule has 0 saturated carbocycles. The number of nitrogens with two attached hydrogens (primary N) is 1.